The van der Waals surface area contributed by atoms with Gasteiger partial charge in [-0.1, -0.05) is 38.0 Å². The van der Waals surface area contributed by atoms with E-state index in [1.807, 2.05) is 24.3 Å². The molecule has 7 nitrogen and oxygen atoms in total. The summed E-state index contributed by atoms with van der Waals surface area (Å²) in [5.41, 5.74) is 2.06. The Balaban J connectivity index is 0.00000456. The lowest BCUT2D eigenvalue weighted by molar-refractivity contribution is -0.155. The molecular weight excluding hydrogens is 480 g/mol. The van der Waals surface area contributed by atoms with Crippen molar-refractivity contribution < 1.29 is 24.6 Å². The average molecular weight is 521 g/mol. The highest BCUT2D eigenvalue weighted by molar-refractivity contribution is 5.85. The quantitative estimate of drug-likeness (QED) is 0.206. The predicted molar refractivity (Wildman–Crippen MR) is 144 cm³/mol. The molecule has 0 saturated heterocycles. The van der Waals surface area contributed by atoms with E-state index < -0.39 is 0 Å². The maximum absolute atomic E-state index is 12.1. The number of hydroxylamine groups is 2. The zero-order chi connectivity index (χ0) is 25.2. The topological polar surface area (TPSA) is 82.5 Å². The molecule has 0 aromatic heterocycles. The number of benzene rings is 2. The zero-order valence-electron chi connectivity index (χ0n) is 21.7. The van der Waals surface area contributed by atoms with E-state index in [9.17, 15) is 15.0 Å². The average Bonchev–Trinajstić information content (AvgIpc) is 2.86. The number of halogens is 1. The van der Waals surface area contributed by atoms with Gasteiger partial charge in [-0.3, -0.25) is 4.79 Å². The molecule has 3 rings (SSSR count). The number of ether oxygens (including phenoxy) is 1. The molecule has 0 aliphatic heterocycles. The zero-order valence-corrected chi connectivity index (χ0v) is 22.6. The first-order valence-electron chi connectivity index (χ1n) is 12.8. The van der Waals surface area contributed by atoms with Crippen LogP contribution in [0.2, 0.25) is 0 Å². The molecular formula is C28H41ClN2O5. The fourth-order valence-corrected chi connectivity index (χ4v) is 4.88. The third-order valence-corrected chi connectivity index (χ3v) is 6.75. The maximum Gasteiger partial charge on any atom is 0.252 e. The van der Waals surface area contributed by atoms with Crippen LogP contribution >= 0.6 is 12.4 Å². The number of carbonyl (C=O) groups is 1. The number of fused-ring (bicyclic) bond motifs is 1. The van der Waals surface area contributed by atoms with E-state index in [0.717, 1.165) is 75.6 Å². The van der Waals surface area contributed by atoms with Gasteiger partial charge in [-0.25, -0.2) is 0 Å². The van der Waals surface area contributed by atoms with Crippen molar-refractivity contribution in [3.8, 4) is 23.0 Å². The van der Waals surface area contributed by atoms with Crippen LogP contribution in [0.3, 0.4) is 0 Å². The van der Waals surface area contributed by atoms with Crippen molar-refractivity contribution in [2.75, 3.05) is 26.7 Å². The molecule has 36 heavy (non-hydrogen) atoms. The minimum absolute atomic E-state index is 0. The minimum Gasteiger partial charge on any atom is -0.504 e. The van der Waals surface area contributed by atoms with Gasteiger partial charge in [-0.2, -0.15) is 5.06 Å². The smallest absolute Gasteiger partial charge is 0.252 e. The number of unbranched alkanes of at least 4 members (excludes halogenated alkanes) is 3. The van der Waals surface area contributed by atoms with Gasteiger partial charge in [-0.05, 0) is 75.4 Å². The largest absolute Gasteiger partial charge is 0.504 e. The van der Waals surface area contributed by atoms with Gasteiger partial charge in [0.15, 0.2) is 23.0 Å². The second-order valence-corrected chi connectivity index (χ2v) is 9.28. The van der Waals surface area contributed by atoms with Crippen LogP contribution in [0.1, 0.15) is 63.5 Å². The Hall–Kier alpha value is -2.64. The number of rotatable bonds is 13. The number of phenols is 2. The van der Waals surface area contributed by atoms with E-state index in [1.165, 1.54) is 12.0 Å². The van der Waals surface area contributed by atoms with E-state index in [0.29, 0.717) is 24.1 Å². The van der Waals surface area contributed by atoms with E-state index in [4.69, 9.17) is 9.57 Å². The number of hydrogen-bond acceptors (Lipinski definition) is 6. The van der Waals surface area contributed by atoms with Crippen molar-refractivity contribution in [3.63, 3.8) is 0 Å². The summed E-state index contributed by atoms with van der Waals surface area (Å²) in [4.78, 5) is 20.5. The molecule has 2 aromatic carbocycles. The first-order valence-corrected chi connectivity index (χ1v) is 12.8. The summed E-state index contributed by atoms with van der Waals surface area (Å²) in [6.45, 7) is 6.38. The van der Waals surface area contributed by atoms with E-state index in [-0.39, 0.29) is 29.8 Å². The second-order valence-electron chi connectivity index (χ2n) is 9.28. The standard InChI is InChI=1S/C28H40N2O5.ClH/c1-4-17-29(23-14-15-24-22(20-23)13-16-25(32)28(24)33)18-9-5-6-10-19-30(21(2)31)35-27-12-8-7-11-26(27)34-3;/h7-8,11-13,16,23,32-33H,4-6,9-10,14-15,17-20H2,1-3H3;1H/t23-;/m0./s1. The van der Waals surface area contributed by atoms with Crippen LogP contribution in [0.15, 0.2) is 36.4 Å². The molecule has 0 fully saturated rings. The number of nitrogens with zero attached hydrogens (tertiary/aromatic N) is 2. The van der Waals surface area contributed by atoms with Crippen molar-refractivity contribution in [2.45, 2.75) is 71.3 Å². The summed E-state index contributed by atoms with van der Waals surface area (Å²) in [6, 6.07) is 11.4. The Morgan fingerprint density at radius 1 is 1.00 bits per heavy atom. The van der Waals surface area contributed by atoms with Crippen molar-refractivity contribution in [1.29, 1.82) is 0 Å². The molecule has 1 amide bonds. The van der Waals surface area contributed by atoms with Crippen LogP contribution in [0, 0.1) is 0 Å². The Bertz CT molecular complexity index is 971. The summed E-state index contributed by atoms with van der Waals surface area (Å²) in [6.07, 6.45) is 7.93. The Morgan fingerprint density at radius 2 is 1.69 bits per heavy atom. The van der Waals surface area contributed by atoms with Gasteiger partial charge in [-0.15, -0.1) is 12.4 Å². The number of aromatic hydroxyl groups is 2. The van der Waals surface area contributed by atoms with Crippen LogP contribution in [0.5, 0.6) is 23.0 Å². The van der Waals surface area contributed by atoms with Crippen molar-refractivity contribution in [2.24, 2.45) is 0 Å². The molecule has 0 radical (unpaired) electrons. The highest BCUT2D eigenvalue weighted by Gasteiger charge is 2.26. The predicted octanol–water partition coefficient (Wildman–Crippen LogP) is 5.50. The fraction of sp³-hybridized carbons (Fsp3) is 0.536. The lowest BCUT2D eigenvalue weighted by Gasteiger charge is -2.35. The molecule has 1 atom stereocenters. The number of phenolic OH excluding ortho intramolecular Hbond substituents is 2. The van der Waals surface area contributed by atoms with E-state index in [2.05, 4.69) is 11.8 Å². The normalized spacial score (nSPS) is 14.6. The molecule has 0 heterocycles. The minimum atomic E-state index is -0.123. The lowest BCUT2D eigenvalue weighted by Crippen LogP contribution is -2.40. The van der Waals surface area contributed by atoms with Crippen LogP contribution in [-0.4, -0.2) is 58.9 Å². The van der Waals surface area contributed by atoms with E-state index in [1.54, 1.807) is 19.2 Å². The van der Waals surface area contributed by atoms with Gasteiger partial charge in [0.1, 0.15) is 0 Å². The van der Waals surface area contributed by atoms with Crippen LogP contribution in [-0.2, 0) is 17.6 Å². The third kappa shape index (κ3) is 7.93. The Labute approximate surface area is 221 Å². The molecule has 1 aliphatic rings. The molecule has 200 valence electrons. The number of amides is 1. The Kier molecular flexibility index (Phi) is 12.2. The van der Waals surface area contributed by atoms with Crippen molar-refractivity contribution in [3.05, 3.63) is 47.5 Å². The first-order chi connectivity index (χ1) is 16.9. The highest BCUT2D eigenvalue weighted by Crippen LogP contribution is 2.36. The summed E-state index contributed by atoms with van der Waals surface area (Å²) in [7, 11) is 1.59. The molecule has 0 saturated carbocycles. The SMILES string of the molecule is CCCN(CCCCCCN(Oc1ccccc1OC)C(C)=O)[C@H]1CCc2c(ccc(O)c2O)C1.Cl. The van der Waals surface area contributed by atoms with Gasteiger partial charge < -0.3 is 24.7 Å². The highest BCUT2D eigenvalue weighted by atomic mass is 35.5. The molecule has 8 heteroatoms. The van der Waals surface area contributed by atoms with Gasteiger partial charge in [0.05, 0.1) is 13.7 Å². The molecule has 1 aliphatic carbocycles. The van der Waals surface area contributed by atoms with Crippen molar-refractivity contribution in [1.82, 2.24) is 9.96 Å². The fourth-order valence-electron chi connectivity index (χ4n) is 4.88. The first kappa shape index (κ1) is 29.6. The monoisotopic (exact) mass is 520 g/mol. The van der Waals surface area contributed by atoms with Gasteiger partial charge >= 0.3 is 0 Å². The van der Waals surface area contributed by atoms with Gasteiger partial charge in [0.25, 0.3) is 5.91 Å². The molecule has 0 unspecified atom stereocenters. The lowest BCUT2D eigenvalue weighted by atomic mass is 9.86. The Morgan fingerprint density at radius 3 is 2.36 bits per heavy atom. The summed E-state index contributed by atoms with van der Waals surface area (Å²) < 4.78 is 5.32. The van der Waals surface area contributed by atoms with Gasteiger partial charge in [0, 0.05) is 18.5 Å². The molecule has 0 bridgehead atoms. The molecule has 2 aromatic rings. The van der Waals surface area contributed by atoms with E-state index >= 15 is 0 Å². The van der Waals surface area contributed by atoms with Crippen LogP contribution in [0.4, 0.5) is 0 Å². The third-order valence-electron chi connectivity index (χ3n) is 6.75. The van der Waals surface area contributed by atoms with Crippen LogP contribution < -0.4 is 9.57 Å². The molecule has 2 N–H and O–H groups in total. The van der Waals surface area contributed by atoms with Crippen LogP contribution in [0.25, 0.3) is 0 Å². The number of methoxy groups -OCH3 is 1. The summed E-state index contributed by atoms with van der Waals surface area (Å²) in [5.74, 6) is 1.05. The summed E-state index contributed by atoms with van der Waals surface area (Å²) >= 11 is 0. The van der Waals surface area contributed by atoms with Gasteiger partial charge in [0.2, 0.25) is 0 Å². The summed E-state index contributed by atoms with van der Waals surface area (Å²) in [5, 5.41) is 21.4. The second kappa shape index (κ2) is 14.8. The maximum atomic E-state index is 12.1. The molecule has 0 spiro atoms. The number of hydrogen-bond donors (Lipinski definition) is 2. The number of carbonyl (C=O) groups excluding carboxylic acids is 1. The van der Waals surface area contributed by atoms with Crippen molar-refractivity contribution >= 4 is 18.3 Å². The number of para-hydroxylation sites is 2.